The third kappa shape index (κ3) is 2.21. The quantitative estimate of drug-likeness (QED) is 0.528. The summed E-state index contributed by atoms with van der Waals surface area (Å²) in [5, 5.41) is 0.370. The number of nitrogens with two attached hydrogens (primary N) is 1. The highest BCUT2D eigenvalue weighted by Gasteiger charge is 2.18. The van der Waals surface area contributed by atoms with Crippen LogP contribution in [0, 0.1) is 0 Å². The molecule has 0 amide bonds. The first kappa shape index (κ1) is 8.54. The second-order valence-corrected chi connectivity index (χ2v) is 2.79. The molecule has 1 fully saturated rings. The van der Waals surface area contributed by atoms with E-state index in [1.165, 1.54) is 0 Å². The molecule has 50 valence electrons. The first-order chi connectivity index (χ1) is 3.29. The van der Waals surface area contributed by atoms with Gasteiger partial charge in [0.05, 0.1) is 0 Å². The van der Waals surface area contributed by atoms with E-state index in [-0.39, 0.29) is 12.4 Å². The molecule has 0 spiro atoms. The van der Waals surface area contributed by atoms with Crippen molar-refractivity contribution in [2.45, 2.75) is 30.7 Å². The molecule has 0 unspecified atom stereocenters. The summed E-state index contributed by atoms with van der Waals surface area (Å²) in [7, 11) is 0. The lowest BCUT2D eigenvalue weighted by Gasteiger charge is -1.95. The predicted molar refractivity (Wildman–Crippen MR) is 38.7 cm³/mol. The molecule has 1 aliphatic carbocycles. The Kier molecular flexibility index (Phi) is 3.78. The van der Waals surface area contributed by atoms with Crippen LogP contribution in [0.3, 0.4) is 0 Å². The van der Waals surface area contributed by atoms with Gasteiger partial charge < -0.3 is 5.73 Å². The largest absolute Gasteiger partial charge is 0.328 e. The average molecular weight is 156 g/mol. The zero-order valence-corrected chi connectivity index (χ0v) is 6.21. The molecule has 1 saturated carbocycles. The molecule has 8 heavy (non-hydrogen) atoms. The van der Waals surface area contributed by atoms with Crippen molar-refractivity contribution in [1.29, 1.82) is 0 Å². The molecule has 0 heterocycles. The third-order valence-corrected chi connectivity index (χ3v) is 1.81. The van der Waals surface area contributed by atoms with Gasteiger partial charge in [-0.3, -0.25) is 0 Å². The van der Waals surface area contributed by atoms with Gasteiger partial charge in [0.2, 0.25) is 0 Å². The van der Waals surface area contributed by atoms with Crippen molar-refractivity contribution in [1.82, 2.24) is 0 Å². The van der Waals surface area contributed by atoms with Gasteiger partial charge in [-0.25, -0.2) is 0 Å². The van der Waals surface area contributed by atoms with Crippen LogP contribution >= 0.6 is 24.0 Å². The minimum Gasteiger partial charge on any atom is -0.328 e. The van der Waals surface area contributed by atoms with E-state index in [1.54, 1.807) is 0 Å². The van der Waals surface area contributed by atoms with Crippen molar-refractivity contribution < 1.29 is 0 Å². The molecular formula is C5H11Cl2N. The van der Waals surface area contributed by atoms with Gasteiger partial charge in [-0.2, -0.15) is 0 Å². The monoisotopic (exact) mass is 155 g/mol. The molecule has 1 aliphatic rings. The van der Waals surface area contributed by atoms with Crippen molar-refractivity contribution in [3.63, 3.8) is 0 Å². The number of hydrogen-bond acceptors (Lipinski definition) is 1. The molecule has 2 atom stereocenters. The molecule has 0 radical (unpaired) electrons. The Morgan fingerprint density at radius 2 is 2.00 bits per heavy atom. The van der Waals surface area contributed by atoms with E-state index < -0.39 is 0 Å². The Hall–Kier alpha value is 0.540. The van der Waals surface area contributed by atoms with Crippen LogP contribution < -0.4 is 5.73 Å². The zero-order valence-electron chi connectivity index (χ0n) is 4.64. The Labute approximate surface area is 61.0 Å². The van der Waals surface area contributed by atoms with Crippen molar-refractivity contribution in [3.8, 4) is 0 Å². The van der Waals surface area contributed by atoms with E-state index in [2.05, 4.69) is 0 Å². The van der Waals surface area contributed by atoms with Gasteiger partial charge in [0, 0.05) is 11.4 Å². The van der Waals surface area contributed by atoms with Crippen LogP contribution in [0.25, 0.3) is 0 Å². The highest BCUT2D eigenvalue weighted by molar-refractivity contribution is 6.20. The van der Waals surface area contributed by atoms with Crippen LogP contribution in [0.5, 0.6) is 0 Å². The minimum absolute atomic E-state index is 0. The first-order valence-electron chi connectivity index (χ1n) is 2.68. The van der Waals surface area contributed by atoms with E-state index in [0.29, 0.717) is 11.4 Å². The summed E-state index contributed by atoms with van der Waals surface area (Å²) in [6.45, 7) is 0. The lowest BCUT2D eigenvalue weighted by molar-refractivity contribution is 0.705. The molecular weight excluding hydrogens is 145 g/mol. The number of hydrogen-bond donors (Lipinski definition) is 1. The van der Waals surface area contributed by atoms with E-state index in [4.69, 9.17) is 17.3 Å². The number of halogens is 2. The van der Waals surface area contributed by atoms with Gasteiger partial charge in [0.25, 0.3) is 0 Å². The Balaban J connectivity index is 0.000000490. The maximum Gasteiger partial charge on any atom is 0.0351 e. The molecule has 0 aliphatic heterocycles. The normalized spacial score (nSPS) is 36.8. The Morgan fingerprint density at radius 3 is 2.12 bits per heavy atom. The average Bonchev–Trinajstić information content (AvgIpc) is 1.87. The first-order valence-corrected chi connectivity index (χ1v) is 3.12. The second kappa shape index (κ2) is 3.54. The van der Waals surface area contributed by atoms with Crippen LogP contribution in [-0.4, -0.2) is 11.4 Å². The Morgan fingerprint density at radius 1 is 1.38 bits per heavy atom. The molecule has 0 bridgehead atoms. The fraction of sp³-hybridized carbons (Fsp3) is 1.00. The van der Waals surface area contributed by atoms with Gasteiger partial charge in [-0.05, 0) is 19.3 Å². The van der Waals surface area contributed by atoms with E-state index >= 15 is 0 Å². The van der Waals surface area contributed by atoms with Gasteiger partial charge in [-0.15, -0.1) is 24.0 Å². The summed E-state index contributed by atoms with van der Waals surface area (Å²) in [4.78, 5) is 0. The van der Waals surface area contributed by atoms with Crippen LogP contribution in [0.4, 0.5) is 0 Å². The lowest BCUT2D eigenvalue weighted by Crippen LogP contribution is -2.14. The third-order valence-electron chi connectivity index (χ3n) is 1.41. The smallest absolute Gasteiger partial charge is 0.0351 e. The maximum absolute atomic E-state index is 5.73. The van der Waals surface area contributed by atoms with Crippen LogP contribution in [0.2, 0.25) is 0 Å². The molecule has 2 N–H and O–H groups in total. The van der Waals surface area contributed by atoms with Crippen LogP contribution in [-0.2, 0) is 0 Å². The van der Waals surface area contributed by atoms with Gasteiger partial charge >= 0.3 is 0 Å². The predicted octanol–water partition coefficient (Wildman–Crippen LogP) is 1.53. The summed E-state index contributed by atoms with van der Waals surface area (Å²) >= 11 is 5.73. The summed E-state index contributed by atoms with van der Waals surface area (Å²) in [5.74, 6) is 0. The van der Waals surface area contributed by atoms with Gasteiger partial charge in [0.1, 0.15) is 0 Å². The number of rotatable bonds is 0. The van der Waals surface area contributed by atoms with Crippen molar-refractivity contribution >= 4 is 24.0 Å². The van der Waals surface area contributed by atoms with Crippen molar-refractivity contribution in [2.75, 3.05) is 0 Å². The van der Waals surface area contributed by atoms with Gasteiger partial charge in [-0.1, -0.05) is 0 Å². The molecule has 1 rings (SSSR count). The van der Waals surface area contributed by atoms with E-state index in [1.807, 2.05) is 0 Å². The minimum atomic E-state index is 0. The second-order valence-electron chi connectivity index (χ2n) is 2.17. The lowest BCUT2D eigenvalue weighted by atomic mass is 10.3. The van der Waals surface area contributed by atoms with Gasteiger partial charge in [0.15, 0.2) is 0 Å². The highest BCUT2D eigenvalue weighted by atomic mass is 35.5. The highest BCUT2D eigenvalue weighted by Crippen LogP contribution is 2.21. The molecule has 3 heteroatoms. The van der Waals surface area contributed by atoms with Crippen molar-refractivity contribution in [3.05, 3.63) is 0 Å². The zero-order chi connectivity index (χ0) is 5.28. The van der Waals surface area contributed by atoms with Crippen molar-refractivity contribution in [2.24, 2.45) is 5.73 Å². The molecule has 0 aromatic heterocycles. The molecule has 0 aromatic rings. The molecule has 0 saturated heterocycles. The molecule has 0 aromatic carbocycles. The summed E-state index contributed by atoms with van der Waals surface area (Å²) in [6.07, 6.45) is 3.25. The van der Waals surface area contributed by atoms with E-state index in [9.17, 15) is 0 Å². The van der Waals surface area contributed by atoms with Crippen LogP contribution in [0.15, 0.2) is 0 Å². The Bertz CT molecular complexity index is 59.4. The van der Waals surface area contributed by atoms with Crippen LogP contribution in [0.1, 0.15) is 19.3 Å². The summed E-state index contributed by atoms with van der Waals surface area (Å²) in [6, 6.07) is 0.391. The standard InChI is InChI=1S/C5H10ClN.ClH/c6-4-1-2-5(7)3-4;/h4-5H,1-3,7H2;1H/t4-,5-;/m1./s1. The summed E-state index contributed by atoms with van der Waals surface area (Å²) < 4.78 is 0. The number of alkyl halides is 1. The fourth-order valence-electron chi connectivity index (χ4n) is 0.959. The maximum atomic E-state index is 5.73. The topological polar surface area (TPSA) is 26.0 Å². The summed E-state index contributed by atoms with van der Waals surface area (Å²) in [5.41, 5.74) is 5.54. The molecule has 1 nitrogen and oxygen atoms in total. The SMILES string of the molecule is Cl.N[C@@H]1CC[C@@H](Cl)C1. The van der Waals surface area contributed by atoms with E-state index in [0.717, 1.165) is 19.3 Å². The fourth-order valence-corrected chi connectivity index (χ4v) is 1.31.